The fourth-order valence-electron chi connectivity index (χ4n) is 4.77. The van der Waals surface area contributed by atoms with E-state index in [0.29, 0.717) is 19.4 Å². The minimum atomic E-state index is -3.84. The number of esters is 1. The molecule has 0 spiro atoms. The summed E-state index contributed by atoms with van der Waals surface area (Å²) in [5, 5.41) is 3.03. The van der Waals surface area contributed by atoms with E-state index in [-0.39, 0.29) is 35.4 Å². The van der Waals surface area contributed by atoms with Gasteiger partial charge in [0, 0.05) is 32.1 Å². The molecule has 1 aromatic carbocycles. The van der Waals surface area contributed by atoms with Crippen LogP contribution in [0.5, 0.6) is 0 Å². The summed E-state index contributed by atoms with van der Waals surface area (Å²) in [6.07, 6.45) is 5.57. The first-order valence-corrected chi connectivity index (χ1v) is 13.4. The van der Waals surface area contributed by atoms with Crippen molar-refractivity contribution in [3.8, 4) is 0 Å². The van der Waals surface area contributed by atoms with Crippen LogP contribution in [0.2, 0.25) is 0 Å². The number of carbonyl (C=O) groups is 2. The van der Waals surface area contributed by atoms with Gasteiger partial charge in [0.15, 0.2) is 0 Å². The largest absolute Gasteiger partial charge is 0.465 e. The maximum atomic E-state index is 13.1. The molecule has 184 valence electrons. The number of piperidine rings is 2. The fourth-order valence-corrected chi connectivity index (χ4v) is 6.42. The van der Waals surface area contributed by atoms with Gasteiger partial charge in [-0.15, -0.1) is 0 Å². The lowest BCUT2D eigenvalue weighted by Gasteiger charge is -2.31. The molecule has 33 heavy (non-hydrogen) atoms. The maximum absolute atomic E-state index is 13.1. The van der Waals surface area contributed by atoms with Crippen molar-refractivity contribution in [3.05, 3.63) is 29.8 Å². The van der Waals surface area contributed by atoms with Gasteiger partial charge in [-0.2, -0.15) is 4.31 Å². The van der Waals surface area contributed by atoms with Crippen LogP contribution in [0.25, 0.3) is 0 Å². The van der Waals surface area contributed by atoms with Crippen molar-refractivity contribution in [2.45, 2.75) is 50.3 Å². The molecule has 1 N–H and O–H groups in total. The minimum absolute atomic E-state index is 0.00797. The Morgan fingerprint density at radius 2 is 1.82 bits per heavy atom. The van der Waals surface area contributed by atoms with E-state index in [9.17, 15) is 18.0 Å². The van der Waals surface area contributed by atoms with Crippen LogP contribution in [0.3, 0.4) is 0 Å². The summed E-state index contributed by atoms with van der Waals surface area (Å²) in [5.74, 6) is -0.0795. The monoisotopic (exact) mass is 479 g/mol. The smallest absolute Gasteiger partial charge is 0.339 e. The molecule has 0 aromatic heterocycles. The highest BCUT2D eigenvalue weighted by molar-refractivity contribution is 7.89. The third-order valence-corrected chi connectivity index (χ3v) is 8.63. The quantitative estimate of drug-likeness (QED) is 0.432. The van der Waals surface area contributed by atoms with Gasteiger partial charge in [-0.3, -0.25) is 4.79 Å². The lowest BCUT2D eigenvalue weighted by Crippen LogP contribution is -2.43. The molecule has 8 nitrogen and oxygen atoms in total. The molecule has 0 saturated carbocycles. The Hall–Kier alpha value is -1.97. The standard InChI is InChI=1S/C24H37N3O5S/c1-19-8-7-15-26(18-19)14-6-5-13-25-23(28)20-11-16-27(17-12-20)33(30,31)22-10-4-3-9-21(22)24(29)32-2/h3-4,9-10,19-20H,5-8,11-18H2,1-2H3,(H,25,28). The van der Waals surface area contributed by atoms with Crippen molar-refractivity contribution >= 4 is 21.9 Å². The van der Waals surface area contributed by atoms with Crippen molar-refractivity contribution in [1.82, 2.24) is 14.5 Å². The molecule has 9 heteroatoms. The second-order valence-electron chi connectivity index (χ2n) is 9.21. The van der Waals surface area contributed by atoms with Gasteiger partial charge < -0.3 is 15.0 Å². The van der Waals surface area contributed by atoms with Crippen LogP contribution in [0.15, 0.2) is 29.2 Å². The average Bonchev–Trinajstić information content (AvgIpc) is 2.83. The lowest BCUT2D eigenvalue weighted by atomic mass is 9.97. The molecule has 1 atom stereocenters. The molecule has 0 aliphatic carbocycles. The number of nitrogens with zero attached hydrogens (tertiary/aromatic N) is 2. The van der Waals surface area contributed by atoms with Crippen LogP contribution < -0.4 is 5.32 Å². The molecular weight excluding hydrogens is 442 g/mol. The second kappa shape index (κ2) is 11.9. The number of ether oxygens (including phenoxy) is 1. The molecule has 2 aliphatic heterocycles. The van der Waals surface area contributed by atoms with Crippen LogP contribution in [-0.2, 0) is 19.6 Å². The Bertz CT molecular complexity index is 912. The van der Waals surface area contributed by atoms with Crippen molar-refractivity contribution in [2.24, 2.45) is 11.8 Å². The third kappa shape index (κ3) is 6.77. The summed E-state index contributed by atoms with van der Waals surface area (Å²) < 4.78 is 32.3. The number of carbonyl (C=O) groups excluding carboxylic acids is 2. The Labute approximate surface area is 197 Å². The predicted octanol–water partition coefficient (Wildman–Crippen LogP) is 2.50. The van der Waals surface area contributed by atoms with Gasteiger partial charge in [-0.1, -0.05) is 19.1 Å². The van der Waals surface area contributed by atoms with Gasteiger partial charge in [0.1, 0.15) is 0 Å². The molecule has 1 amide bonds. The predicted molar refractivity (Wildman–Crippen MR) is 126 cm³/mol. The van der Waals surface area contributed by atoms with E-state index < -0.39 is 16.0 Å². The third-order valence-electron chi connectivity index (χ3n) is 6.68. The van der Waals surface area contributed by atoms with Crippen molar-refractivity contribution < 1.29 is 22.7 Å². The highest BCUT2D eigenvalue weighted by atomic mass is 32.2. The van der Waals surface area contributed by atoms with E-state index in [1.54, 1.807) is 12.1 Å². The molecular formula is C24H37N3O5S. The Balaban J connectivity index is 1.43. The molecule has 1 unspecified atom stereocenters. The molecule has 3 rings (SSSR count). The zero-order chi connectivity index (χ0) is 23.8. The van der Waals surface area contributed by atoms with Crippen LogP contribution in [0.4, 0.5) is 0 Å². The highest BCUT2D eigenvalue weighted by Gasteiger charge is 2.34. The second-order valence-corrected chi connectivity index (χ2v) is 11.1. The number of nitrogens with one attached hydrogen (secondary N) is 1. The SMILES string of the molecule is COC(=O)c1ccccc1S(=O)(=O)N1CCC(C(=O)NCCCCN2CCCC(C)C2)CC1. The molecule has 1 aromatic rings. The highest BCUT2D eigenvalue weighted by Crippen LogP contribution is 2.26. The van der Waals surface area contributed by atoms with Gasteiger partial charge in [-0.25, -0.2) is 13.2 Å². The van der Waals surface area contributed by atoms with Crippen LogP contribution in [0, 0.1) is 11.8 Å². The van der Waals surface area contributed by atoms with E-state index in [1.807, 2.05) is 0 Å². The normalized spacial score (nSPS) is 21.0. The summed E-state index contributed by atoms with van der Waals surface area (Å²) in [7, 11) is -2.61. The topological polar surface area (TPSA) is 96.0 Å². The number of hydrogen-bond donors (Lipinski definition) is 1. The zero-order valence-electron chi connectivity index (χ0n) is 19.8. The van der Waals surface area contributed by atoms with E-state index in [0.717, 1.165) is 25.3 Å². The average molecular weight is 480 g/mol. The first kappa shape index (κ1) is 25.6. The molecule has 2 aliphatic rings. The molecule has 0 bridgehead atoms. The Morgan fingerprint density at radius 3 is 2.52 bits per heavy atom. The van der Waals surface area contributed by atoms with Gasteiger partial charge in [0.25, 0.3) is 0 Å². The van der Waals surface area contributed by atoms with Crippen molar-refractivity contribution in [3.63, 3.8) is 0 Å². The minimum Gasteiger partial charge on any atom is -0.465 e. The van der Waals surface area contributed by atoms with Crippen LogP contribution >= 0.6 is 0 Å². The number of hydrogen-bond acceptors (Lipinski definition) is 6. The summed E-state index contributed by atoms with van der Waals surface area (Å²) >= 11 is 0. The fraction of sp³-hybridized carbons (Fsp3) is 0.667. The van der Waals surface area contributed by atoms with E-state index in [4.69, 9.17) is 4.74 Å². The van der Waals surface area contributed by atoms with Gasteiger partial charge in [-0.05, 0) is 69.7 Å². The van der Waals surface area contributed by atoms with Gasteiger partial charge >= 0.3 is 5.97 Å². The summed E-state index contributed by atoms with van der Waals surface area (Å²) in [6.45, 7) is 6.92. The maximum Gasteiger partial charge on any atom is 0.339 e. The van der Waals surface area contributed by atoms with E-state index >= 15 is 0 Å². The molecule has 2 heterocycles. The molecule has 0 radical (unpaired) electrons. The van der Waals surface area contributed by atoms with E-state index in [2.05, 4.69) is 17.1 Å². The number of sulfonamides is 1. The van der Waals surface area contributed by atoms with Crippen molar-refractivity contribution in [1.29, 1.82) is 0 Å². The number of amides is 1. The first-order chi connectivity index (χ1) is 15.8. The van der Waals surface area contributed by atoms with Gasteiger partial charge in [0.2, 0.25) is 15.9 Å². The number of rotatable bonds is 9. The van der Waals surface area contributed by atoms with E-state index in [1.165, 1.54) is 49.5 Å². The number of benzene rings is 1. The van der Waals surface area contributed by atoms with Gasteiger partial charge in [0.05, 0.1) is 17.6 Å². The Morgan fingerprint density at radius 1 is 1.09 bits per heavy atom. The summed E-state index contributed by atoms with van der Waals surface area (Å²) in [4.78, 5) is 27.0. The Kier molecular flexibility index (Phi) is 9.28. The number of methoxy groups -OCH3 is 1. The van der Waals surface area contributed by atoms with Crippen molar-refractivity contribution in [2.75, 3.05) is 46.4 Å². The lowest BCUT2D eigenvalue weighted by molar-refractivity contribution is -0.126. The molecule has 2 saturated heterocycles. The first-order valence-electron chi connectivity index (χ1n) is 12.0. The summed E-state index contributed by atoms with van der Waals surface area (Å²) in [6, 6.07) is 6.07. The number of unbranched alkanes of at least 4 members (excludes halogenated alkanes) is 1. The summed E-state index contributed by atoms with van der Waals surface area (Å²) in [5.41, 5.74) is 0.0267. The number of likely N-dealkylation sites (tertiary alicyclic amines) is 1. The molecule has 2 fully saturated rings. The van der Waals surface area contributed by atoms with Crippen LogP contribution in [-0.4, -0.2) is 75.9 Å². The van der Waals surface area contributed by atoms with Crippen LogP contribution in [0.1, 0.15) is 55.8 Å². The zero-order valence-corrected chi connectivity index (χ0v) is 20.6.